The predicted octanol–water partition coefficient (Wildman–Crippen LogP) is 5.55. The van der Waals surface area contributed by atoms with Gasteiger partial charge in [-0.2, -0.15) is 4.31 Å². The van der Waals surface area contributed by atoms with Crippen LogP contribution in [0.4, 0.5) is 5.69 Å². The molecule has 0 heterocycles. The van der Waals surface area contributed by atoms with Gasteiger partial charge in [-0.1, -0.05) is 63.4 Å². The zero-order valence-corrected chi connectivity index (χ0v) is 20.3. The standard InChI is InChI=1S/C23H22BrClN2O3S/c1-16-3-6-18(7-4-16)14-27(31(29,30)21-11-8-19(24)9-12-21)15-23(28)26-20-10-5-17(2)22(25)13-20/h3-13H,14-15H2,1-2H3,(H,26,28). The van der Waals surface area contributed by atoms with Crippen molar-refractivity contribution in [3.05, 3.63) is 92.9 Å². The maximum atomic E-state index is 13.3. The lowest BCUT2D eigenvalue weighted by molar-refractivity contribution is -0.116. The van der Waals surface area contributed by atoms with Gasteiger partial charge in [-0.05, 0) is 61.4 Å². The zero-order chi connectivity index (χ0) is 22.6. The molecule has 8 heteroatoms. The maximum Gasteiger partial charge on any atom is 0.243 e. The second-order valence-corrected chi connectivity index (χ2v) is 10.5. The zero-order valence-electron chi connectivity index (χ0n) is 17.1. The first kappa shape index (κ1) is 23.5. The average molecular weight is 522 g/mol. The van der Waals surface area contributed by atoms with Crippen molar-refractivity contribution in [2.24, 2.45) is 0 Å². The maximum absolute atomic E-state index is 13.3. The molecule has 0 unspecified atom stereocenters. The fourth-order valence-electron chi connectivity index (χ4n) is 2.91. The van der Waals surface area contributed by atoms with Gasteiger partial charge in [0, 0.05) is 21.7 Å². The summed E-state index contributed by atoms with van der Waals surface area (Å²) in [6.07, 6.45) is 0. The molecule has 1 N–H and O–H groups in total. The van der Waals surface area contributed by atoms with Gasteiger partial charge >= 0.3 is 0 Å². The second kappa shape index (κ2) is 9.96. The molecule has 0 aliphatic rings. The SMILES string of the molecule is Cc1ccc(CN(CC(=O)Nc2ccc(C)c(Cl)c2)S(=O)(=O)c2ccc(Br)cc2)cc1. The number of nitrogens with one attached hydrogen (secondary N) is 1. The van der Waals surface area contributed by atoms with Gasteiger partial charge in [0.2, 0.25) is 15.9 Å². The second-order valence-electron chi connectivity index (χ2n) is 7.22. The summed E-state index contributed by atoms with van der Waals surface area (Å²) in [4.78, 5) is 12.8. The van der Waals surface area contributed by atoms with E-state index in [0.29, 0.717) is 10.7 Å². The number of sulfonamides is 1. The summed E-state index contributed by atoms with van der Waals surface area (Å²) in [5.41, 5.74) is 3.26. The van der Waals surface area contributed by atoms with Crippen LogP contribution in [-0.4, -0.2) is 25.2 Å². The minimum Gasteiger partial charge on any atom is -0.325 e. The topological polar surface area (TPSA) is 66.5 Å². The summed E-state index contributed by atoms with van der Waals surface area (Å²) >= 11 is 9.44. The summed E-state index contributed by atoms with van der Waals surface area (Å²) in [5.74, 6) is -0.451. The molecule has 0 bridgehead atoms. The highest BCUT2D eigenvalue weighted by molar-refractivity contribution is 9.10. The highest BCUT2D eigenvalue weighted by atomic mass is 79.9. The molecule has 162 valence electrons. The van der Waals surface area contributed by atoms with E-state index in [4.69, 9.17) is 11.6 Å². The molecule has 0 aromatic heterocycles. The Kier molecular flexibility index (Phi) is 7.54. The van der Waals surface area contributed by atoms with Crippen LogP contribution < -0.4 is 5.32 Å². The van der Waals surface area contributed by atoms with Crippen LogP contribution in [0, 0.1) is 13.8 Å². The van der Waals surface area contributed by atoms with E-state index in [0.717, 1.165) is 21.2 Å². The molecular formula is C23H22BrClN2O3S. The molecule has 31 heavy (non-hydrogen) atoms. The lowest BCUT2D eigenvalue weighted by Crippen LogP contribution is -2.37. The van der Waals surface area contributed by atoms with E-state index in [1.807, 2.05) is 38.1 Å². The van der Waals surface area contributed by atoms with Gasteiger partial charge in [0.1, 0.15) is 0 Å². The quantitative estimate of drug-likeness (QED) is 0.443. The van der Waals surface area contributed by atoms with E-state index in [1.54, 1.807) is 30.3 Å². The van der Waals surface area contributed by atoms with Crippen molar-refractivity contribution >= 4 is 49.1 Å². The lowest BCUT2D eigenvalue weighted by atomic mass is 10.1. The third-order valence-corrected chi connectivity index (χ3v) is 7.45. The van der Waals surface area contributed by atoms with E-state index in [1.165, 1.54) is 16.4 Å². The Morgan fingerprint density at radius 3 is 2.26 bits per heavy atom. The first-order valence-electron chi connectivity index (χ1n) is 9.52. The molecule has 0 saturated carbocycles. The molecule has 3 rings (SSSR count). The van der Waals surface area contributed by atoms with Gasteiger partial charge in [0.25, 0.3) is 0 Å². The Balaban J connectivity index is 1.87. The van der Waals surface area contributed by atoms with Gasteiger partial charge in [0.15, 0.2) is 0 Å². The van der Waals surface area contributed by atoms with Crippen LogP contribution in [-0.2, 0) is 21.4 Å². The van der Waals surface area contributed by atoms with Crippen LogP contribution in [0.25, 0.3) is 0 Å². The molecule has 0 spiro atoms. The minimum atomic E-state index is -3.90. The van der Waals surface area contributed by atoms with E-state index < -0.39 is 15.9 Å². The Bertz CT molecular complexity index is 1180. The highest BCUT2D eigenvalue weighted by Crippen LogP contribution is 2.22. The highest BCUT2D eigenvalue weighted by Gasteiger charge is 2.27. The van der Waals surface area contributed by atoms with Gasteiger partial charge in [-0.25, -0.2) is 8.42 Å². The molecule has 0 radical (unpaired) electrons. The van der Waals surface area contributed by atoms with Crippen molar-refractivity contribution in [2.75, 3.05) is 11.9 Å². The number of hydrogen-bond donors (Lipinski definition) is 1. The number of amides is 1. The number of carbonyl (C=O) groups excluding carboxylic acids is 1. The lowest BCUT2D eigenvalue weighted by Gasteiger charge is -2.22. The minimum absolute atomic E-state index is 0.0702. The van der Waals surface area contributed by atoms with Crippen molar-refractivity contribution in [1.29, 1.82) is 0 Å². The van der Waals surface area contributed by atoms with Crippen LogP contribution in [0.5, 0.6) is 0 Å². The molecule has 3 aromatic carbocycles. The number of benzene rings is 3. The Morgan fingerprint density at radius 1 is 1.00 bits per heavy atom. The number of carbonyl (C=O) groups is 1. The molecule has 0 atom stereocenters. The molecular weight excluding hydrogens is 500 g/mol. The molecule has 5 nitrogen and oxygen atoms in total. The van der Waals surface area contributed by atoms with Crippen molar-refractivity contribution in [2.45, 2.75) is 25.3 Å². The third-order valence-electron chi connectivity index (χ3n) is 4.71. The number of nitrogens with zero attached hydrogens (tertiary/aromatic N) is 1. The number of halogens is 2. The van der Waals surface area contributed by atoms with Crippen molar-refractivity contribution < 1.29 is 13.2 Å². The summed E-state index contributed by atoms with van der Waals surface area (Å²) in [6, 6.07) is 19.0. The van der Waals surface area contributed by atoms with Crippen LogP contribution in [0.3, 0.4) is 0 Å². The number of aryl methyl sites for hydroxylation is 2. The molecule has 1 amide bonds. The smallest absolute Gasteiger partial charge is 0.243 e. The molecule has 3 aromatic rings. The normalized spacial score (nSPS) is 11.5. The Hall–Kier alpha value is -2.19. The average Bonchev–Trinajstić information content (AvgIpc) is 2.72. The fraction of sp³-hybridized carbons (Fsp3) is 0.174. The van der Waals surface area contributed by atoms with Crippen LogP contribution in [0.2, 0.25) is 5.02 Å². The fourth-order valence-corrected chi connectivity index (χ4v) is 4.74. The Labute approximate surface area is 196 Å². The number of anilines is 1. The van der Waals surface area contributed by atoms with Gasteiger partial charge < -0.3 is 5.32 Å². The molecule has 0 aliphatic carbocycles. The number of rotatable bonds is 7. The van der Waals surface area contributed by atoms with Crippen molar-refractivity contribution in [3.8, 4) is 0 Å². The third kappa shape index (κ3) is 6.17. The van der Waals surface area contributed by atoms with E-state index >= 15 is 0 Å². The summed E-state index contributed by atoms with van der Waals surface area (Å²) in [5, 5.41) is 3.26. The monoisotopic (exact) mass is 520 g/mol. The molecule has 0 aliphatic heterocycles. The van der Waals surface area contributed by atoms with Crippen molar-refractivity contribution in [1.82, 2.24) is 4.31 Å². The summed E-state index contributed by atoms with van der Waals surface area (Å²) < 4.78 is 28.6. The van der Waals surface area contributed by atoms with Crippen LogP contribution in [0.15, 0.2) is 76.1 Å². The first-order valence-corrected chi connectivity index (χ1v) is 12.1. The van der Waals surface area contributed by atoms with Crippen LogP contribution in [0.1, 0.15) is 16.7 Å². The number of hydrogen-bond acceptors (Lipinski definition) is 3. The van der Waals surface area contributed by atoms with E-state index in [2.05, 4.69) is 21.2 Å². The largest absolute Gasteiger partial charge is 0.325 e. The van der Waals surface area contributed by atoms with Gasteiger partial charge in [-0.3, -0.25) is 4.79 Å². The molecule has 0 fully saturated rings. The predicted molar refractivity (Wildman–Crippen MR) is 128 cm³/mol. The summed E-state index contributed by atoms with van der Waals surface area (Å²) in [6.45, 7) is 3.56. The molecule has 0 saturated heterocycles. The van der Waals surface area contributed by atoms with Gasteiger partial charge in [0.05, 0.1) is 11.4 Å². The summed E-state index contributed by atoms with van der Waals surface area (Å²) in [7, 11) is -3.90. The van der Waals surface area contributed by atoms with Crippen molar-refractivity contribution in [3.63, 3.8) is 0 Å². The van der Waals surface area contributed by atoms with E-state index in [-0.39, 0.29) is 18.0 Å². The van der Waals surface area contributed by atoms with Gasteiger partial charge in [-0.15, -0.1) is 0 Å². The first-order chi connectivity index (χ1) is 14.6. The van der Waals surface area contributed by atoms with E-state index in [9.17, 15) is 13.2 Å². The van der Waals surface area contributed by atoms with Crippen LogP contribution >= 0.6 is 27.5 Å². The Morgan fingerprint density at radius 2 is 1.65 bits per heavy atom.